The number of rotatable bonds is 5. The van der Waals surface area contributed by atoms with Crippen LogP contribution in [0.1, 0.15) is 5.69 Å². The van der Waals surface area contributed by atoms with Gasteiger partial charge in [0.05, 0.1) is 18.9 Å². The average molecular weight is 353 g/mol. The quantitative estimate of drug-likeness (QED) is 0.827. The van der Waals surface area contributed by atoms with Gasteiger partial charge in [-0.25, -0.2) is 4.98 Å². The summed E-state index contributed by atoms with van der Waals surface area (Å²) in [6.45, 7) is 2.77. The molecule has 112 valence electrons. The van der Waals surface area contributed by atoms with Gasteiger partial charge in [-0.3, -0.25) is 4.90 Å². The minimum Gasteiger partial charge on any atom is -0.444 e. The normalized spacial score (nSPS) is 16.0. The van der Waals surface area contributed by atoms with Crippen LogP contribution in [0.5, 0.6) is 0 Å². The lowest BCUT2D eigenvalue weighted by Crippen LogP contribution is -2.29. The summed E-state index contributed by atoms with van der Waals surface area (Å²) in [6.07, 6.45) is 1.57. The Kier molecular flexibility index (Phi) is 4.70. The zero-order valence-corrected chi connectivity index (χ0v) is 13.4. The Balaban J connectivity index is 1.60. The number of hydrogen-bond donors (Lipinski definition) is 0. The highest BCUT2D eigenvalue weighted by molar-refractivity contribution is 9.10. The van der Waals surface area contributed by atoms with Crippen molar-refractivity contribution in [3.8, 4) is 11.5 Å². The van der Waals surface area contributed by atoms with Gasteiger partial charge in [-0.05, 0) is 31.3 Å². The molecule has 0 amide bonds. The third-order valence-corrected chi connectivity index (χ3v) is 3.76. The lowest BCUT2D eigenvalue weighted by molar-refractivity contribution is -0.0593. The van der Waals surface area contributed by atoms with E-state index in [1.54, 1.807) is 6.26 Å². The molecule has 1 aliphatic heterocycles. The molecule has 0 saturated carbocycles. The molecule has 0 radical (unpaired) electrons. The summed E-state index contributed by atoms with van der Waals surface area (Å²) in [5.41, 5.74) is 1.86. The van der Waals surface area contributed by atoms with E-state index < -0.39 is 0 Å². The number of ether oxygens (including phenoxy) is 2. The van der Waals surface area contributed by atoms with Gasteiger partial charge in [-0.1, -0.05) is 15.9 Å². The van der Waals surface area contributed by atoms with E-state index >= 15 is 0 Å². The van der Waals surface area contributed by atoms with Crippen molar-refractivity contribution in [3.63, 3.8) is 0 Å². The van der Waals surface area contributed by atoms with E-state index in [0.717, 1.165) is 22.3 Å². The van der Waals surface area contributed by atoms with Crippen LogP contribution in [0.3, 0.4) is 0 Å². The maximum Gasteiger partial charge on any atom is 0.226 e. The summed E-state index contributed by atoms with van der Waals surface area (Å²) in [5, 5.41) is 0. The lowest BCUT2D eigenvalue weighted by atomic mass is 10.2. The zero-order chi connectivity index (χ0) is 14.7. The number of benzene rings is 1. The molecular formula is C15H17BrN2O3. The van der Waals surface area contributed by atoms with Crippen LogP contribution in [-0.2, 0) is 16.0 Å². The van der Waals surface area contributed by atoms with Gasteiger partial charge < -0.3 is 13.9 Å². The fraction of sp³-hybridized carbons (Fsp3) is 0.400. The standard InChI is InChI=1S/C15H17BrN2O3/c1-18(9-14-19-6-7-20-14)8-13-10-21-15(17-13)11-2-4-12(16)5-3-11/h2-5,10,14H,6-9H2,1H3. The van der Waals surface area contributed by atoms with Crippen LogP contribution >= 0.6 is 15.9 Å². The Bertz CT molecular complexity index is 579. The van der Waals surface area contributed by atoms with Crippen molar-refractivity contribution in [2.45, 2.75) is 12.8 Å². The third-order valence-electron chi connectivity index (χ3n) is 3.23. The van der Waals surface area contributed by atoms with Crippen LogP contribution in [0, 0.1) is 0 Å². The highest BCUT2D eigenvalue weighted by Crippen LogP contribution is 2.21. The number of oxazole rings is 1. The molecule has 2 heterocycles. The molecule has 2 aromatic rings. The van der Waals surface area contributed by atoms with Crippen molar-refractivity contribution >= 4 is 15.9 Å². The molecule has 0 unspecified atom stereocenters. The van der Waals surface area contributed by atoms with Crippen LogP contribution in [0.25, 0.3) is 11.5 Å². The molecule has 1 aromatic carbocycles. The van der Waals surface area contributed by atoms with Crippen LogP contribution in [0.4, 0.5) is 0 Å². The summed E-state index contributed by atoms with van der Waals surface area (Å²) < 4.78 is 17.5. The maximum absolute atomic E-state index is 5.55. The van der Waals surface area contributed by atoms with Gasteiger partial charge in [-0.15, -0.1) is 0 Å². The van der Waals surface area contributed by atoms with Crippen molar-refractivity contribution in [2.75, 3.05) is 26.8 Å². The maximum atomic E-state index is 5.55. The molecule has 0 atom stereocenters. The van der Waals surface area contributed by atoms with Gasteiger partial charge in [-0.2, -0.15) is 0 Å². The molecule has 0 spiro atoms. The van der Waals surface area contributed by atoms with Crippen molar-refractivity contribution in [1.82, 2.24) is 9.88 Å². The largest absolute Gasteiger partial charge is 0.444 e. The van der Waals surface area contributed by atoms with Crippen LogP contribution in [-0.4, -0.2) is 43.0 Å². The Morgan fingerprint density at radius 2 is 1.95 bits per heavy atom. The van der Waals surface area contributed by atoms with E-state index in [4.69, 9.17) is 13.9 Å². The van der Waals surface area contributed by atoms with Crippen molar-refractivity contribution < 1.29 is 13.9 Å². The second-order valence-corrected chi connectivity index (χ2v) is 5.93. The van der Waals surface area contributed by atoms with E-state index in [9.17, 15) is 0 Å². The Hall–Kier alpha value is -1.21. The third kappa shape index (κ3) is 3.91. The number of nitrogens with zero attached hydrogens (tertiary/aromatic N) is 2. The number of halogens is 1. The van der Waals surface area contributed by atoms with Gasteiger partial charge in [0.15, 0.2) is 6.29 Å². The summed E-state index contributed by atoms with van der Waals surface area (Å²) in [4.78, 5) is 6.63. The molecule has 0 bridgehead atoms. The molecule has 5 nitrogen and oxygen atoms in total. The first-order chi connectivity index (χ1) is 10.2. The Morgan fingerprint density at radius 3 is 2.67 bits per heavy atom. The van der Waals surface area contributed by atoms with Crippen LogP contribution < -0.4 is 0 Å². The first-order valence-corrected chi connectivity index (χ1v) is 7.62. The second-order valence-electron chi connectivity index (χ2n) is 5.02. The SMILES string of the molecule is CN(Cc1coc(-c2ccc(Br)cc2)n1)CC1OCCO1. The molecule has 1 aromatic heterocycles. The van der Waals surface area contributed by atoms with E-state index in [-0.39, 0.29) is 6.29 Å². The molecule has 1 aliphatic rings. The number of aromatic nitrogens is 1. The highest BCUT2D eigenvalue weighted by Gasteiger charge is 2.18. The van der Waals surface area contributed by atoms with Gasteiger partial charge in [0.1, 0.15) is 6.26 Å². The fourth-order valence-electron chi connectivity index (χ4n) is 2.21. The van der Waals surface area contributed by atoms with E-state index in [1.165, 1.54) is 0 Å². The predicted molar refractivity (Wildman–Crippen MR) is 81.7 cm³/mol. The summed E-state index contributed by atoms with van der Waals surface area (Å²) in [7, 11) is 2.01. The lowest BCUT2D eigenvalue weighted by Gasteiger charge is -2.18. The van der Waals surface area contributed by atoms with Gasteiger partial charge in [0.25, 0.3) is 0 Å². The van der Waals surface area contributed by atoms with Crippen molar-refractivity contribution in [3.05, 3.63) is 40.7 Å². The average Bonchev–Trinajstić information content (AvgIpc) is 3.11. The molecule has 0 aliphatic carbocycles. The van der Waals surface area contributed by atoms with Gasteiger partial charge in [0.2, 0.25) is 5.89 Å². The van der Waals surface area contributed by atoms with Crippen LogP contribution in [0.2, 0.25) is 0 Å². The number of hydrogen-bond acceptors (Lipinski definition) is 5. The van der Waals surface area contributed by atoms with Gasteiger partial charge >= 0.3 is 0 Å². The molecule has 3 rings (SSSR count). The Labute approximate surface area is 132 Å². The summed E-state index contributed by atoms with van der Waals surface area (Å²) in [5.74, 6) is 0.638. The molecule has 1 saturated heterocycles. The minimum atomic E-state index is -0.132. The minimum absolute atomic E-state index is 0.132. The monoisotopic (exact) mass is 352 g/mol. The topological polar surface area (TPSA) is 47.7 Å². The highest BCUT2D eigenvalue weighted by atomic mass is 79.9. The zero-order valence-electron chi connectivity index (χ0n) is 11.8. The smallest absolute Gasteiger partial charge is 0.226 e. The van der Waals surface area contributed by atoms with Gasteiger partial charge in [0, 0.05) is 23.1 Å². The second kappa shape index (κ2) is 6.70. The first kappa shape index (κ1) is 14.7. The van der Waals surface area contributed by atoms with E-state index in [2.05, 4.69) is 25.8 Å². The summed E-state index contributed by atoms with van der Waals surface area (Å²) in [6, 6.07) is 7.90. The molecule has 21 heavy (non-hydrogen) atoms. The Morgan fingerprint density at radius 1 is 1.24 bits per heavy atom. The van der Waals surface area contributed by atoms with E-state index in [0.29, 0.717) is 25.6 Å². The first-order valence-electron chi connectivity index (χ1n) is 6.83. The van der Waals surface area contributed by atoms with Crippen LogP contribution in [0.15, 0.2) is 39.4 Å². The van der Waals surface area contributed by atoms with Crippen molar-refractivity contribution in [2.24, 2.45) is 0 Å². The number of likely N-dealkylation sites (N-methyl/N-ethyl adjacent to an activating group) is 1. The molecular weight excluding hydrogens is 336 g/mol. The molecule has 6 heteroatoms. The predicted octanol–water partition coefficient (Wildman–Crippen LogP) is 2.91. The van der Waals surface area contributed by atoms with Crippen molar-refractivity contribution in [1.29, 1.82) is 0 Å². The fourth-order valence-corrected chi connectivity index (χ4v) is 2.48. The summed E-state index contributed by atoms with van der Waals surface area (Å²) >= 11 is 3.42. The molecule has 0 N–H and O–H groups in total. The molecule has 1 fully saturated rings. The van der Waals surface area contributed by atoms with E-state index in [1.807, 2.05) is 31.3 Å².